The maximum atomic E-state index is 12.2. The van der Waals surface area contributed by atoms with Crippen molar-refractivity contribution in [1.82, 2.24) is 4.57 Å². The maximum absolute atomic E-state index is 12.2. The molecule has 0 spiro atoms. The number of hydrogen-bond acceptors (Lipinski definition) is 2. The number of benzene rings is 1. The molecule has 0 saturated carbocycles. The van der Waals surface area contributed by atoms with Gasteiger partial charge in [-0.15, -0.1) is 0 Å². The number of aryl methyl sites for hydroxylation is 1. The molecule has 1 heterocycles. The van der Waals surface area contributed by atoms with Gasteiger partial charge in [-0.2, -0.15) is 0 Å². The van der Waals surface area contributed by atoms with Crippen LogP contribution in [0.5, 0.6) is 0 Å². The van der Waals surface area contributed by atoms with Crippen LogP contribution in [0.4, 0.5) is 5.69 Å². The second kappa shape index (κ2) is 6.05. The van der Waals surface area contributed by atoms with E-state index >= 15 is 0 Å². The normalized spacial score (nSPS) is 11.9. The van der Waals surface area contributed by atoms with Crippen LogP contribution in [0.3, 0.4) is 0 Å². The predicted octanol–water partition coefficient (Wildman–Crippen LogP) is 3.12. The molecular weight excluding hydrogens is 320 g/mol. The van der Waals surface area contributed by atoms with Crippen LogP contribution in [0.2, 0.25) is 0 Å². The van der Waals surface area contributed by atoms with Crippen LogP contribution in [0.25, 0.3) is 0 Å². The highest BCUT2D eigenvalue weighted by molar-refractivity contribution is 9.10. The average Bonchev–Trinajstić information content (AvgIpc) is 2.43. The number of carbonyl (C=O) groups is 1. The van der Waals surface area contributed by atoms with Crippen molar-refractivity contribution in [3.8, 4) is 0 Å². The number of hydrogen-bond donors (Lipinski definition) is 1. The van der Waals surface area contributed by atoms with E-state index in [2.05, 4.69) is 21.2 Å². The van der Waals surface area contributed by atoms with Gasteiger partial charge in [-0.25, -0.2) is 0 Å². The zero-order valence-electron chi connectivity index (χ0n) is 11.3. The Bertz CT molecular complexity index is 680. The van der Waals surface area contributed by atoms with Crippen molar-refractivity contribution in [2.75, 3.05) is 5.32 Å². The van der Waals surface area contributed by atoms with Crippen LogP contribution in [-0.4, -0.2) is 10.5 Å². The summed E-state index contributed by atoms with van der Waals surface area (Å²) in [6.07, 6.45) is 1.63. The number of rotatable bonds is 3. The molecule has 20 heavy (non-hydrogen) atoms. The van der Waals surface area contributed by atoms with E-state index in [1.54, 1.807) is 38.2 Å². The first-order valence-corrected chi connectivity index (χ1v) is 7.02. The molecule has 0 aliphatic rings. The topological polar surface area (TPSA) is 51.1 Å². The number of para-hydroxylation sites is 1. The van der Waals surface area contributed by atoms with Crippen LogP contribution >= 0.6 is 15.9 Å². The maximum Gasteiger partial charge on any atom is 0.254 e. The summed E-state index contributed by atoms with van der Waals surface area (Å²) in [6.45, 7) is 3.43. The molecule has 1 amide bonds. The number of amides is 1. The molecule has 1 N–H and O–H groups in total. The molecule has 1 atom stereocenters. The minimum atomic E-state index is -0.584. The van der Waals surface area contributed by atoms with Gasteiger partial charge in [0.05, 0.1) is 0 Å². The van der Waals surface area contributed by atoms with Crippen LogP contribution in [0.1, 0.15) is 18.5 Å². The monoisotopic (exact) mass is 334 g/mol. The number of aromatic nitrogens is 1. The Hall–Kier alpha value is -1.88. The first-order chi connectivity index (χ1) is 9.49. The van der Waals surface area contributed by atoms with E-state index in [-0.39, 0.29) is 11.5 Å². The molecule has 0 radical (unpaired) electrons. The number of carbonyl (C=O) groups excluding carboxylic acids is 1. The fraction of sp³-hybridized carbons (Fsp3) is 0.200. The summed E-state index contributed by atoms with van der Waals surface area (Å²) in [5.74, 6) is -0.226. The SMILES string of the molecule is Cc1cc(Br)cn(C(C)C(=O)Nc2ccccc2)c1=O. The molecular formula is C15H15BrN2O2. The lowest BCUT2D eigenvalue weighted by atomic mass is 10.2. The van der Waals surface area contributed by atoms with Gasteiger partial charge in [-0.05, 0) is 48.0 Å². The number of nitrogens with zero attached hydrogens (tertiary/aromatic N) is 1. The minimum absolute atomic E-state index is 0.163. The standard InChI is InChI=1S/C15H15BrN2O2/c1-10-8-12(16)9-18(15(10)20)11(2)14(19)17-13-6-4-3-5-7-13/h3-9,11H,1-2H3,(H,17,19). The van der Waals surface area contributed by atoms with Gasteiger partial charge >= 0.3 is 0 Å². The van der Waals surface area contributed by atoms with Gasteiger partial charge in [-0.3, -0.25) is 9.59 Å². The number of nitrogens with one attached hydrogen (secondary N) is 1. The van der Waals surface area contributed by atoms with E-state index in [0.717, 1.165) is 4.47 Å². The quantitative estimate of drug-likeness (QED) is 0.937. The summed E-state index contributed by atoms with van der Waals surface area (Å²) in [6, 6.07) is 10.3. The molecule has 0 fully saturated rings. The van der Waals surface area contributed by atoms with Gasteiger partial charge in [0.1, 0.15) is 6.04 Å². The second-order valence-corrected chi connectivity index (χ2v) is 5.50. The molecule has 0 aliphatic carbocycles. The van der Waals surface area contributed by atoms with Gasteiger partial charge in [0.25, 0.3) is 5.56 Å². The number of pyridine rings is 1. The van der Waals surface area contributed by atoms with E-state index in [1.807, 2.05) is 18.2 Å². The van der Waals surface area contributed by atoms with Crippen molar-refractivity contribution in [2.45, 2.75) is 19.9 Å². The van der Waals surface area contributed by atoms with Crippen molar-refractivity contribution in [2.24, 2.45) is 0 Å². The van der Waals surface area contributed by atoms with E-state index in [0.29, 0.717) is 11.3 Å². The number of halogens is 1. The molecule has 104 valence electrons. The van der Waals surface area contributed by atoms with E-state index in [1.165, 1.54) is 4.57 Å². The summed E-state index contributed by atoms with van der Waals surface area (Å²) < 4.78 is 2.20. The Morgan fingerprint density at radius 3 is 2.60 bits per heavy atom. The van der Waals surface area contributed by atoms with Crippen molar-refractivity contribution in [3.05, 3.63) is 63.0 Å². The molecule has 0 bridgehead atoms. The summed E-state index contributed by atoms with van der Waals surface area (Å²) in [4.78, 5) is 24.3. The Labute approximate surface area is 125 Å². The third-order valence-electron chi connectivity index (χ3n) is 3.03. The van der Waals surface area contributed by atoms with Gasteiger partial charge in [0, 0.05) is 21.9 Å². The smallest absolute Gasteiger partial charge is 0.254 e. The molecule has 0 saturated heterocycles. The van der Waals surface area contributed by atoms with Crippen molar-refractivity contribution in [1.29, 1.82) is 0 Å². The van der Waals surface area contributed by atoms with Gasteiger partial charge in [0.15, 0.2) is 0 Å². The summed E-state index contributed by atoms with van der Waals surface area (Å²) in [7, 11) is 0. The van der Waals surface area contributed by atoms with Crippen molar-refractivity contribution < 1.29 is 4.79 Å². The molecule has 1 aromatic carbocycles. The highest BCUT2D eigenvalue weighted by atomic mass is 79.9. The second-order valence-electron chi connectivity index (χ2n) is 4.59. The Balaban J connectivity index is 2.25. The van der Waals surface area contributed by atoms with Gasteiger partial charge < -0.3 is 9.88 Å². The molecule has 5 heteroatoms. The predicted molar refractivity (Wildman–Crippen MR) is 82.9 cm³/mol. The van der Waals surface area contributed by atoms with Gasteiger partial charge in [-0.1, -0.05) is 18.2 Å². The Kier molecular flexibility index (Phi) is 4.39. The van der Waals surface area contributed by atoms with Crippen LogP contribution in [0, 0.1) is 6.92 Å². The van der Waals surface area contributed by atoms with Crippen LogP contribution in [-0.2, 0) is 4.79 Å². The van der Waals surface area contributed by atoms with E-state index < -0.39 is 6.04 Å². The molecule has 2 aromatic rings. The molecule has 2 rings (SSSR count). The third-order valence-corrected chi connectivity index (χ3v) is 3.46. The summed E-state index contributed by atoms with van der Waals surface area (Å²) in [5.41, 5.74) is 1.15. The lowest BCUT2D eigenvalue weighted by Gasteiger charge is -2.16. The molecule has 1 unspecified atom stereocenters. The molecule has 4 nitrogen and oxygen atoms in total. The first-order valence-electron chi connectivity index (χ1n) is 6.23. The highest BCUT2D eigenvalue weighted by Gasteiger charge is 2.17. The summed E-state index contributed by atoms with van der Waals surface area (Å²) >= 11 is 3.34. The summed E-state index contributed by atoms with van der Waals surface area (Å²) in [5, 5.41) is 2.79. The zero-order valence-corrected chi connectivity index (χ0v) is 12.8. The zero-order chi connectivity index (χ0) is 14.7. The minimum Gasteiger partial charge on any atom is -0.324 e. The van der Waals surface area contributed by atoms with Gasteiger partial charge in [0.2, 0.25) is 5.91 Å². The largest absolute Gasteiger partial charge is 0.324 e. The van der Waals surface area contributed by atoms with Crippen LogP contribution < -0.4 is 10.9 Å². The lowest BCUT2D eigenvalue weighted by Crippen LogP contribution is -2.32. The van der Waals surface area contributed by atoms with Crippen LogP contribution in [0.15, 0.2) is 51.9 Å². The van der Waals surface area contributed by atoms with E-state index in [9.17, 15) is 9.59 Å². The van der Waals surface area contributed by atoms with Crippen molar-refractivity contribution >= 4 is 27.5 Å². The average molecular weight is 335 g/mol. The fourth-order valence-corrected chi connectivity index (χ4v) is 2.45. The highest BCUT2D eigenvalue weighted by Crippen LogP contribution is 2.14. The number of anilines is 1. The Morgan fingerprint density at radius 2 is 1.95 bits per heavy atom. The van der Waals surface area contributed by atoms with Crippen molar-refractivity contribution in [3.63, 3.8) is 0 Å². The fourth-order valence-electron chi connectivity index (χ4n) is 1.88. The lowest BCUT2D eigenvalue weighted by molar-refractivity contribution is -0.118. The molecule has 0 aliphatic heterocycles. The Morgan fingerprint density at radius 1 is 1.30 bits per heavy atom. The third kappa shape index (κ3) is 3.17. The van der Waals surface area contributed by atoms with E-state index in [4.69, 9.17) is 0 Å². The first kappa shape index (κ1) is 14.5. The molecule has 1 aromatic heterocycles.